The van der Waals surface area contributed by atoms with Gasteiger partial charge < -0.3 is 14.9 Å². The average Bonchev–Trinajstić information content (AvgIpc) is 2.75. The molecule has 0 fully saturated rings. The second-order valence-corrected chi connectivity index (χ2v) is 4.36. The van der Waals surface area contributed by atoms with Crippen molar-refractivity contribution in [1.82, 2.24) is 15.5 Å². The topological polar surface area (TPSA) is 88.2 Å². The van der Waals surface area contributed by atoms with Crippen LogP contribution in [0.25, 0.3) is 0 Å². The Morgan fingerprint density at radius 1 is 1.50 bits per heavy atom. The predicted molar refractivity (Wildman–Crippen MR) is 65.9 cm³/mol. The number of amides is 1. The molecule has 1 atom stereocenters. The second kappa shape index (κ2) is 7.81. The van der Waals surface area contributed by atoms with E-state index in [1.165, 1.54) is 0 Å². The molecular weight excluding hydrogens is 234 g/mol. The van der Waals surface area contributed by atoms with Gasteiger partial charge in [0.2, 0.25) is 11.8 Å². The molecule has 1 unspecified atom stereocenters. The molecule has 2 N–H and O–H groups in total. The lowest BCUT2D eigenvalue weighted by Crippen LogP contribution is -2.30. The van der Waals surface area contributed by atoms with Crippen LogP contribution in [0.2, 0.25) is 0 Å². The standard InChI is InChI=1S/C12H21N3O3/c1-3-5-10-14-12(18-15-10)7-4-6-11(17)13-8-9(2)16/h9,16H,3-8H2,1-2H3,(H,13,17). The lowest BCUT2D eigenvalue weighted by Gasteiger charge is -2.05. The van der Waals surface area contributed by atoms with Crippen LogP contribution in [-0.2, 0) is 17.6 Å². The first-order chi connectivity index (χ1) is 8.61. The van der Waals surface area contributed by atoms with Gasteiger partial charge in [0, 0.05) is 25.8 Å². The van der Waals surface area contributed by atoms with Gasteiger partial charge >= 0.3 is 0 Å². The molecule has 1 heterocycles. The average molecular weight is 255 g/mol. The Morgan fingerprint density at radius 3 is 2.94 bits per heavy atom. The van der Waals surface area contributed by atoms with Gasteiger partial charge in [-0.2, -0.15) is 4.98 Å². The van der Waals surface area contributed by atoms with Gasteiger partial charge in [-0.1, -0.05) is 12.1 Å². The third-order valence-corrected chi connectivity index (χ3v) is 2.37. The van der Waals surface area contributed by atoms with Gasteiger partial charge in [0.05, 0.1) is 6.10 Å². The van der Waals surface area contributed by atoms with Crippen molar-refractivity contribution in [3.05, 3.63) is 11.7 Å². The van der Waals surface area contributed by atoms with Gasteiger partial charge in [-0.25, -0.2) is 0 Å². The Morgan fingerprint density at radius 2 is 2.28 bits per heavy atom. The first-order valence-corrected chi connectivity index (χ1v) is 6.38. The summed E-state index contributed by atoms with van der Waals surface area (Å²) in [6.45, 7) is 3.98. The van der Waals surface area contributed by atoms with Crippen LogP contribution in [0, 0.1) is 0 Å². The van der Waals surface area contributed by atoms with Crippen molar-refractivity contribution in [3.63, 3.8) is 0 Å². The highest BCUT2D eigenvalue weighted by atomic mass is 16.5. The van der Waals surface area contributed by atoms with Gasteiger partial charge in [-0.15, -0.1) is 0 Å². The van der Waals surface area contributed by atoms with Gasteiger partial charge in [-0.05, 0) is 19.8 Å². The smallest absolute Gasteiger partial charge is 0.226 e. The number of carbonyl (C=O) groups is 1. The molecule has 0 bridgehead atoms. The third-order valence-electron chi connectivity index (χ3n) is 2.37. The molecule has 0 radical (unpaired) electrons. The van der Waals surface area contributed by atoms with Crippen molar-refractivity contribution in [2.45, 2.75) is 52.1 Å². The predicted octanol–water partition coefficient (Wildman–Crippen LogP) is 0.842. The molecule has 0 saturated carbocycles. The molecule has 0 aromatic carbocycles. The molecule has 1 amide bonds. The minimum Gasteiger partial charge on any atom is -0.392 e. The number of aliphatic hydroxyl groups is 1. The van der Waals surface area contributed by atoms with Crippen LogP contribution in [-0.4, -0.2) is 33.8 Å². The van der Waals surface area contributed by atoms with E-state index < -0.39 is 6.10 Å². The van der Waals surface area contributed by atoms with Crippen molar-refractivity contribution in [1.29, 1.82) is 0 Å². The SMILES string of the molecule is CCCc1noc(CCCC(=O)NCC(C)O)n1. The molecule has 6 nitrogen and oxygen atoms in total. The lowest BCUT2D eigenvalue weighted by molar-refractivity contribution is -0.121. The van der Waals surface area contributed by atoms with Gasteiger partial charge in [0.15, 0.2) is 5.82 Å². The van der Waals surface area contributed by atoms with E-state index in [1.807, 2.05) is 0 Å². The highest BCUT2D eigenvalue weighted by Gasteiger charge is 2.07. The summed E-state index contributed by atoms with van der Waals surface area (Å²) in [5.41, 5.74) is 0. The van der Waals surface area contributed by atoms with Crippen LogP contribution in [0.15, 0.2) is 4.52 Å². The van der Waals surface area contributed by atoms with E-state index in [1.54, 1.807) is 6.92 Å². The molecule has 1 aromatic heterocycles. The summed E-state index contributed by atoms with van der Waals surface area (Å²) in [7, 11) is 0. The third kappa shape index (κ3) is 5.77. The Hall–Kier alpha value is -1.43. The summed E-state index contributed by atoms with van der Waals surface area (Å²) in [6, 6.07) is 0. The molecular formula is C12H21N3O3. The number of hydrogen-bond donors (Lipinski definition) is 2. The molecule has 0 spiro atoms. The van der Waals surface area contributed by atoms with Gasteiger partial charge in [0.1, 0.15) is 0 Å². The van der Waals surface area contributed by atoms with E-state index in [0.717, 1.165) is 18.7 Å². The second-order valence-electron chi connectivity index (χ2n) is 4.36. The zero-order valence-corrected chi connectivity index (χ0v) is 11.0. The minimum absolute atomic E-state index is 0.0656. The molecule has 1 rings (SSSR count). The van der Waals surface area contributed by atoms with Crippen molar-refractivity contribution < 1.29 is 14.4 Å². The first kappa shape index (κ1) is 14.6. The van der Waals surface area contributed by atoms with Crippen LogP contribution in [0.4, 0.5) is 0 Å². The van der Waals surface area contributed by atoms with Crippen molar-refractivity contribution in [2.75, 3.05) is 6.54 Å². The zero-order valence-electron chi connectivity index (χ0n) is 11.0. The summed E-state index contributed by atoms with van der Waals surface area (Å²) < 4.78 is 5.06. The van der Waals surface area contributed by atoms with Crippen LogP contribution >= 0.6 is 0 Å². The normalized spacial score (nSPS) is 12.4. The number of rotatable bonds is 8. The number of carbonyl (C=O) groups excluding carboxylic acids is 1. The lowest BCUT2D eigenvalue weighted by atomic mass is 10.2. The fourth-order valence-corrected chi connectivity index (χ4v) is 1.47. The Balaban J connectivity index is 2.18. The number of hydrogen-bond acceptors (Lipinski definition) is 5. The van der Waals surface area contributed by atoms with Crippen LogP contribution in [0.5, 0.6) is 0 Å². The minimum atomic E-state index is -0.513. The molecule has 1 aromatic rings. The first-order valence-electron chi connectivity index (χ1n) is 6.38. The summed E-state index contributed by atoms with van der Waals surface area (Å²) in [4.78, 5) is 15.6. The molecule has 0 aliphatic carbocycles. The quantitative estimate of drug-likeness (QED) is 0.718. The van der Waals surface area contributed by atoms with E-state index >= 15 is 0 Å². The van der Waals surface area contributed by atoms with E-state index in [2.05, 4.69) is 22.4 Å². The number of aromatic nitrogens is 2. The van der Waals surface area contributed by atoms with Crippen LogP contribution in [0.3, 0.4) is 0 Å². The Kier molecular flexibility index (Phi) is 6.35. The van der Waals surface area contributed by atoms with E-state index in [9.17, 15) is 4.79 Å². The largest absolute Gasteiger partial charge is 0.392 e. The fourth-order valence-electron chi connectivity index (χ4n) is 1.47. The molecule has 18 heavy (non-hydrogen) atoms. The van der Waals surface area contributed by atoms with Crippen LogP contribution < -0.4 is 5.32 Å². The molecule has 6 heteroatoms. The molecule has 0 saturated heterocycles. The number of nitrogens with zero attached hydrogens (tertiary/aromatic N) is 2. The fraction of sp³-hybridized carbons (Fsp3) is 0.750. The van der Waals surface area contributed by atoms with Gasteiger partial charge in [-0.3, -0.25) is 4.79 Å². The Bertz CT molecular complexity index is 363. The number of nitrogens with one attached hydrogen (secondary N) is 1. The summed E-state index contributed by atoms with van der Waals surface area (Å²) in [5, 5.41) is 15.5. The maximum absolute atomic E-state index is 11.4. The van der Waals surface area contributed by atoms with Crippen molar-refractivity contribution in [2.24, 2.45) is 0 Å². The van der Waals surface area contributed by atoms with Crippen molar-refractivity contribution >= 4 is 5.91 Å². The molecule has 102 valence electrons. The van der Waals surface area contributed by atoms with E-state index in [0.29, 0.717) is 31.7 Å². The monoisotopic (exact) mass is 255 g/mol. The van der Waals surface area contributed by atoms with Gasteiger partial charge in [0.25, 0.3) is 0 Å². The molecule has 0 aliphatic rings. The highest BCUT2D eigenvalue weighted by molar-refractivity contribution is 5.75. The molecule has 0 aliphatic heterocycles. The van der Waals surface area contributed by atoms with E-state index in [-0.39, 0.29) is 5.91 Å². The highest BCUT2D eigenvalue weighted by Crippen LogP contribution is 2.04. The number of aliphatic hydroxyl groups excluding tert-OH is 1. The maximum atomic E-state index is 11.4. The number of aryl methyl sites for hydroxylation is 2. The Labute approximate surface area is 107 Å². The van der Waals surface area contributed by atoms with Crippen molar-refractivity contribution in [3.8, 4) is 0 Å². The summed E-state index contributed by atoms with van der Waals surface area (Å²) >= 11 is 0. The summed E-state index contributed by atoms with van der Waals surface area (Å²) in [5.74, 6) is 1.25. The van der Waals surface area contributed by atoms with Crippen LogP contribution in [0.1, 0.15) is 44.8 Å². The van der Waals surface area contributed by atoms with E-state index in [4.69, 9.17) is 9.63 Å². The summed E-state index contributed by atoms with van der Waals surface area (Å²) in [6.07, 6.45) is 2.97. The maximum Gasteiger partial charge on any atom is 0.226 e. The zero-order chi connectivity index (χ0) is 13.4.